The van der Waals surface area contributed by atoms with Crippen LogP contribution in [0.3, 0.4) is 0 Å². The molecule has 7 nitrogen and oxygen atoms in total. The van der Waals surface area contributed by atoms with Crippen molar-refractivity contribution in [3.63, 3.8) is 0 Å². The highest BCUT2D eigenvalue weighted by Gasteiger charge is 2.16. The van der Waals surface area contributed by atoms with Crippen LogP contribution in [0, 0.1) is 13.8 Å². The normalized spacial score (nSPS) is 11.6. The van der Waals surface area contributed by atoms with Gasteiger partial charge in [0.25, 0.3) is 5.91 Å². The molecule has 0 saturated carbocycles. The van der Waals surface area contributed by atoms with E-state index in [2.05, 4.69) is 25.3 Å². The number of hydrogen-bond donors (Lipinski definition) is 1. The SMILES string of the molecule is Cc1ccc(-c2cc(Oc3ccccn3)cc(C(=O)NC(C)c3cnc(C)nc3)c2)nc1. The van der Waals surface area contributed by atoms with Crippen molar-refractivity contribution in [3.05, 3.63) is 95.8 Å². The lowest BCUT2D eigenvalue weighted by atomic mass is 10.0. The molecule has 4 aromatic rings. The minimum absolute atomic E-state index is 0.238. The Morgan fingerprint density at radius 2 is 1.75 bits per heavy atom. The molecule has 3 aromatic heterocycles. The lowest BCUT2D eigenvalue weighted by Gasteiger charge is -2.15. The Bertz CT molecular complexity index is 1210. The largest absolute Gasteiger partial charge is 0.439 e. The summed E-state index contributed by atoms with van der Waals surface area (Å²) in [7, 11) is 0. The van der Waals surface area contributed by atoms with Gasteiger partial charge in [0.15, 0.2) is 0 Å². The van der Waals surface area contributed by atoms with E-state index in [1.165, 1.54) is 0 Å². The average Bonchev–Trinajstić information content (AvgIpc) is 2.80. The van der Waals surface area contributed by atoms with E-state index in [-0.39, 0.29) is 11.9 Å². The van der Waals surface area contributed by atoms with Crippen molar-refractivity contribution in [2.75, 3.05) is 0 Å². The zero-order valence-corrected chi connectivity index (χ0v) is 18.1. The van der Waals surface area contributed by atoms with E-state index in [9.17, 15) is 4.79 Å². The second-order valence-corrected chi connectivity index (χ2v) is 7.50. The smallest absolute Gasteiger partial charge is 0.251 e. The van der Waals surface area contributed by atoms with Gasteiger partial charge >= 0.3 is 0 Å². The summed E-state index contributed by atoms with van der Waals surface area (Å²) in [5.41, 5.74) is 3.86. The van der Waals surface area contributed by atoms with E-state index < -0.39 is 0 Å². The van der Waals surface area contributed by atoms with Crippen molar-refractivity contribution in [3.8, 4) is 22.9 Å². The van der Waals surface area contributed by atoms with E-state index in [0.717, 1.165) is 22.4 Å². The van der Waals surface area contributed by atoms with Gasteiger partial charge in [-0.15, -0.1) is 0 Å². The zero-order valence-electron chi connectivity index (χ0n) is 18.1. The molecule has 1 unspecified atom stereocenters. The number of carbonyl (C=O) groups excluding carboxylic acids is 1. The van der Waals surface area contributed by atoms with Crippen molar-refractivity contribution >= 4 is 5.91 Å². The van der Waals surface area contributed by atoms with Gasteiger partial charge in [-0.2, -0.15) is 0 Å². The maximum absolute atomic E-state index is 13.1. The monoisotopic (exact) mass is 425 g/mol. The predicted octanol–water partition coefficient (Wildman–Crippen LogP) is 4.83. The topological polar surface area (TPSA) is 89.9 Å². The fraction of sp³-hybridized carbons (Fsp3) is 0.160. The van der Waals surface area contributed by atoms with Crippen molar-refractivity contribution in [1.29, 1.82) is 0 Å². The van der Waals surface area contributed by atoms with Gasteiger partial charge in [0.2, 0.25) is 5.88 Å². The maximum atomic E-state index is 13.1. The molecule has 0 aliphatic heterocycles. The Hall–Kier alpha value is -4.13. The number of aromatic nitrogens is 4. The molecule has 0 aliphatic carbocycles. The third kappa shape index (κ3) is 5.13. The van der Waals surface area contributed by atoms with Gasteiger partial charge in [-0.3, -0.25) is 9.78 Å². The summed E-state index contributed by atoms with van der Waals surface area (Å²) < 4.78 is 5.92. The number of aryl methyl sites for hydroxylation is 2. The van der Waals surface area contributed by atoms with Crippen LogP contribution >= 0.6 is 0 Å². The van der Waals surface area contributed by atoms with Gasteiger partial charge in [0, 0.05) is 47.5 Å². The number of benzene rings is 1. The molecule has 4 rings (SSSR count). The molecular weight excluding hydrogens is 402 g/mol. The first-order chi connectivity index (χ1) is 15.5. The van der Waals surface area contributed by atoms with Crippen molar-refractivity contribution in [1.82, 2.24) is 25.3 Å². The number of carbonyl (C=O) groups is 1. The second-order valence-electron chi connectivity index (χ2n) is 7.50. The number of hydrogen-bond acceptors (Lipinski definition) is 6. The van der Waals surface area contributed by atoms with Crippen LogP contribution in [0.2, 0.25) is 0 Å². The lowest BCUT2D eigenvalue weighted by molar-refractivity contribution is 0.0939. The molecule has 32 heavy (non-hydrogen) atoms. The summed E-state index contributed by atoms with van der Waals surface area (Å²) >= 11 is 0. The molecule has 160 valence electrons. The minimum Gasteiger partial charge on any atom is -0.439 e. The van der Waals surface area contributed by atoms with E-state index in [4.69, 9.17) is 4.74 Å². The van der Waals surface area contributed by atoms with Gasteiger partial charge in [-0.05, 0) is 56.7 Å². The Labute approximate surface area is 186 Å². The van der Waals surface area contributed by atoms with Crippen molar-refractivity contribution in [2.45, 2.75) is 26.8 Å². The van der Waals surface area contributed by atoms with Gasteiger partial charge in [0.1, 0.15) is 11.6 Å². The third-order valence-electron chi connectivity index (χ3n) is 4.88. The van der Waals surface area contributed by atoms with Crippen LogP contribution in [0.4, 0.5) is 0 Å². The van der Waals surface area contributed by atoms with Crippen LogP contribution in [-0.2, 0) is 0 Å². The van der Waals surface area contributed by atoms with Gasteiger partial charge < -0.3 is 10.1 Å². The fourth-order valence-corrected chi connectivity index (χ4v) is 3.09. The first-order valence-corrected chi connectivity index (χ1v) is 10.2. The van der Waals surface area contributed by atoms with Crippen molar-refractivity contribution < 1.29 is 9.53 Å². The molecule has 1 aromatic carbocycles. The van der Waals surface area contributed by atoms with Crippen LogP contribution < -0.4 is 10.1 Å². The summed E-state index contributed by atoms with van der Waals surface area (Å²) in [6.07, 6.45) is 6.88. The van der Waals surface area contributed by atoms with Gasteiger partial charge in [-0.1, -0.05) is 12.1 Å². The summed E-state index contributed by atoms with van der Waals surface area (Å²) in [5.74, 6) is 1.39. The van der Waals surface area contributed by atoms with Gasteiger partial charge in [-0.25, -0.2) is 15.0 Å². The lowest BCUT2D eigenvalue weighted by Crippen LogP contribution is -2.27. The molecule has 1 N–H and O–H groups in total. The molecule has 1 amide bonds. The number of nitrogens with zero attached hydrogens (tertiary/aromatic N) is 4. The highest BCUT2D eigenvalue weighted by atomic mass is 16.5. The van der Waals surface area contributed by atoms with E-state index in [0.29, 0.717) is 23.0 Å². The Morgan fingerprint density at radius 1 is 0.938 bits per heavy atom. The molecule has 0 fully saturated rings. The quantitative estimate of drug-likeness (QED) is 0.476. The Morgan fingerprint density at radius 3 is 2.44 bits per heavy atom. The van der Waals surface area contributed by atoms with Gasteiger partial charge in [0.05, 0.1) is 11.7 Å². The highest BCUT2D eigenvalue weighted by molar-refractivity contribution is 5.96. The molecule has 0 spiro atoms. The summed E-state index contributed by atoms with van der Waals surface area (Å²) in [4.78, 5) is 30.2. The predicted molar refractivity (Wildman–Crippen MR) is 121 cm³/mol. The molecule has 0 saturated heterocycles. The molecular formula is C25H23N5O2. The van der Waals surface area contributed by atoms with Crippen LogP contribution in [0.25, 0.3) is 11.3 Å². The Kier molecular flexibility index (Phi) is 6.17. The molecule has 1 atom stereocenters. The third-order valence-corrected chi connectivity index (χ3v) is 4.88. The summed E-state index contributed by atoms with van der Waals surface area (Å²) in [6, 6.07) is 14.4. The molecule has 3 heterocycles. The number of pyridine rings is 2. The number of nitrogens with one attached hydrogen (secondary N) is 1. The van der Waals surface area contributed by atoms with E-state index in [1.807, 2.05) is 51.1 Å². The Balaban J connectivity index is 1.65. The standard InChI is InChI=1S/C25H23N5O2/c1-16-7-8-23(29-13-16)19-10-20(12-22(11-19)32-24-6-4-5-9-26-24)25(31)30-17(2)21-14-27-18(3)28-15-21/h4-15,17H,1-3H3,(H,30,31). The summed E-state index contributed by atoms with van der Waals surface area (Å²) in [6.45, 7) is 5.69. The number of amides is 1. The maximum Gasteiger partial charge on any atom is 0.251 e. The number of rotatable bonds is 6. The minimum atomic E-state index is -0.260. The molecule has 0 bridgehead atoms. The second kappa shape index (κ2) is 9.34. The molecule has 0 radical (unpaired) electrons. The zero-order chi connectivity index (χ0) is 22.5. The summed E-state index contributed by atoms with van der Waals surface area (Å²) in [5, 5.41) is 3.00. The van der Waals surface area contributed by atoms with Crippen LogP contribution in [0.5, 0.6) is 11.6 Å². The molecule has 7 heteroatoms. The highest BCUT2D eigenvalue weighted by Crippen LogP contribution is 2.28. The fourth-order valence-electron chi connectivity index (χ4n) is 3.09. The van der Waals surface area contributed by atoms with Crippen molar-refractivity contribution in [2.24, 2.45) is 0 Å². The van der Waals surface area contributed by atoms with Crippen LogP contribution in [0.1, 0.15) is 40.3 Å². The van der Waals surface area contributed by atoms with E-state index in [1.54, 1.807) is 43.0 Å². The van der Waals surface area contributed by atoms with Crippen LogP contribution in [-0.4, -0.2) is 25.8 Å². The first kappa shape index (κ1) is 21.1. The molecule has 0 aliphatic rings. The van der Waals surface area contributed by atoms with E-state index >= 15 is 0 Å². The average molecular weight is 425 g/mol. The van der Waals surface area contributed by atoms with Crippen LogP contribution in [0.15, 0.2) is 73.3 Å². The number of ether oxygens (including phenoxy) is 1. The first-order valence-electron chi connectivity index (χ1n) is 10.2.